The number of benzene rings is 2. The first kappa shape index (κ1) is 22.8. The van der Waals surface area contributed by atoms with Crippen LogP contribution in [0, 0.1) is 19.7 Å². The highest BCUT2D eigenvalue weighted by Crippen LogP contribution is 2.25. The van der Waals surface area contributed by atoms with Gasteiger partial charge >= 0.3 is 0 Å². The molecule has 4 aromatic rings. The fourth-order valence-corrected chi connectivity index (χ4v) is 3.98. The second-order valence-electron chi connectivity index (χ2n) is 8.12. The van der Waals surface area contributed by atoms with Crippen LogP contribution in [-0.4, -0.2) is 42.5 Å². The Balaban J connectivity index is 0.00000259. The van der Waals surface area contributed by atoms with Gasteiger partial charge in [-0.1, -0.05) is 29.8 Å². The smallest absolute Gasteiger partial charge is 0.191 e. The zero-order valence-electron chi connectivity index (χ0n) is 18.4. The predicted molar refractivity (Wildman–Crippen MR) is 119 cm³/mol. The molecule has 0 radical (unpaired) electrons. The van der Waals surface area contributed by atoms with Crippen LogP contribution in [0.4, 0.5) is 9.09 Å². The second kappa shape index (κ2) is 9.21. The van der Waals surface area contributed by atoms with Gasteiger partial charge in [0.1, 0.15) is 17.8 Å². The molecule has 172 valence electrons. The molecule has 2 aromatic carbocycles. The summed E-state index contributed by atoms with van der Waals surface area (Å²) in [6.45, 7) is 5.25. The SMILES string of the molecule is Cc1ccc(-c2nc(-c3ccc(F)cc3)n(CC(O)N3CCc4oc(C)nc4C3)n2)cc1.F. The van der Waals surface area contributed by atoms with Crippen molar-refractivity contribution >= 4 is 0 Å². The van der Waals surface area contributed by atoms with E-state index >= 15 is 0 Å². The van der Waals surface area contributed by atoms with Gasteiger partial charge in [-0.3, -0.25) is 9.60 Å². The number of hydrogen-bond donors (Lipinski definition) is 1. The monoisotopic (exact) mass is 453 g/mol. The molecule has 0 saturated carbocycles. The fourth-order valence-electron chi connectivity index (χ4n) is 3.98. The molecule has 0 saturated heterocycles. The van der Waals surface area contributed by atoms with Gasteiger partial charge in [-0.2, -0.15) is 5.10 Å². The number of aliphatic hydroxyl groups excluding tert-OH is 1. The zero-order valence-corrected chi connectivity index (χ0v) is 18.4. The van der Waals surface area contributed by atoms with Gasteiger partial charge in [0.25, 0.3) is 0 Å². The number of nitrogens with zero attached hydrogens (tertiary/aromatic N) is 5. The lowest BCUT2D eigenvalue weighted by Crippen LogP contribution is -2.41. The van der Waals surface area contributed by atoms with E-state index in [0.717, 1.165) is 28.1 Å². The van der Waals surface area contributed by atoms with Crippen LogP contribution >= 0.6 is 0 Å². The molecule has 1 unspecified atom stereocenters. The van der Waals surface area contributed by atoms with Crippen LogP contribution < -0.4 is 0 Å². The fraction of sp³-hybridized carbons (Fsp3) is 0.292. The summed E-state index contributed by atoms with van der Waals surface area (Å²) in [5, 5.41) is 15.7. The minimum absolute atomic E-state index is 0. The molecule has 1 aliphatic rings. The normalized spacial score (nSPS) is 14.5. The van der Waals surface area contributed by atoms with Crippen molar-refractivity contribution in [2.75, 3.05) is 6.54 Å². The number of fused-ring (bicyclic) bond motifs is 1. The number of aryl methyl sites for hydroxylation is 2. The van der Waals surface area contributed by atoms with Crippen molar-refractivity contribution in [3.8, 4) is 22.8 Å². The van der Waals surface area contributed by atoms with E-state index in [1.807, 2.05) is 43.0 Å². The Morgan fingerprint density at radius 1 is 1.03 bits per heavy atom. The maximum atomic E-state index is 13.5. The molecule has 1 atom stereocenters. The average Bonchev–Trinajstić information content (AvgIpc) is 3.36. The van der Waals surface area contributed by atoms with Gasteiger partial charge in [-0.15, -0.1) is 0 Å². The number of aliphatic hydroxyl groups is 1. The van der Waals surface area contributed by atoms with Crippen LogP contribution in [0.25, 0.3) is 22.8 Å². The Hall–Kier alpha value is -3.43. The standard InChI is InChI=1S/C24H24FN5O2.FH/c1-15-3-5-17(6-4-15)23-27-24(18-7-9-19(25)10-8-18)30(28-23)14-22(31)29-12-11-21-20(13-29)26-16(2)32-21;/h3-10,22,31H,11-14H2,1-2H3;1H. The second-order valence-corrected chi connectivity index (χ2v) is 8.12. The predicted octanol–water partition coefficient (Wildman–Crippen LogP) is 3.89. The van der Waals surface area contributed by atoms with Gasteiger partial charge in [0, 0.05) is 37.6 Å². The third-order valence-electron chi connectivity index (χ3n) is 5.71. The molecule has 0 bridgehead atoms. The number of rotatable bonds is 5. The third kappa shape index (κ3) is 4.69. The molecule has 0 fully saturated rings. The number of aromatic nitrogens is 4. The first-order valence-corrected chi connectivity index (χ1v) is 10.6. The Kier molecular flexibility index (Phi) is 6.35. The van der Waals surface area contributed by atoms with Gasteiger partial charge in [-0.25, -0.2) is 19.0 Å². The molecular formula is C24H25F2N5O2. The summed E-state index contributed by atoms with van der Waals surface area (Å²) in [7, 11) is 0. The summed E-state index contributed by atoms with van der Waals surface area (Å²) < 4.78 is 20.8. The molecule has 2 aromatic heterocycles. The minimum atomic E-state index is -0.785. The van der Waals surface area contributed by atoms with E-state index in [4.69, 9.17) is 9.40 Å². The summed E-state index contributed by atoms with van der Waals surface area (Å²) >= 11 is 0. The Labute approximate surface area is 189 Å². The molecule has 3 heterocycles. The van der Waals surface area contributed by atoms with E-state index < -0.39 is 6.23 Å². The largest absolute Gasteiger partial charge is 0.446 e. The van der Waals surface area contributed by atoms with Gasteiger partial charge in [0.2, 0.25) is 0 Å². The molecule has 0 spiro atoms. The van der Waals surface area contributed by atoms with Crippen molar-refractivity contribution in [2.45, 2.75) is 39.6 Å². The molecule has 0 aliphatic carbocycles. The van der Waals surface area contributed by atoms with Crippen molar-refractivity contribution in [1.29, 1.82) is 0 Å². The van der Waals surface area contributed by atoms with Gasteiger partial charge < -0.3 is 9.52 Å². The number of halogens is 2. The van der Waals surface area contributed by atoms with E-state index in [2.05, 4.69) is 10.1 Å². The van der Waals surface area contributed by atoms with E-state index in [-0.39, 0.29) is 17.1 Å². The highest BCUT2D eigenvalue weighted by atomic mass is 19.1. The van der Waals surface area contributed by atoms with Crippen molar-refractivity contribution in [3.05, 3.63) is 77.3 Å². The quantitative estimate of drug-likeness (QED) is 0.494. The van der Waals surface area contributed by atoms with Crippen molar-refractivity contribution < 1.29 is 18.6 Å². The Morgan fingerprint density at radius 2 is 1.73 bits per heavy atom. The molecule has 1 aliphatic heterocycles. The van der Waals surface area contributed by atoms with Gasteiger partial charge in [-0.05, 0) is 31.2 Å². The molecule has 1 N–H and O–H groups in total. The number of hydrogen-bond acceptors (Lipinski definition) is 6. The number of oxazole rings is 1. The van der Waals surface area contributed by atoms with Crippen LogP contribution in [0.5, 0.6) is 0 Å². The van der Waals surface area contributed by atoms with Gasteiger partial charge in [0.15, 0.2) is 17.5 Å². The summed E-state index contributed by atoms with van der Waals surface area (Å²) in [6.07, 6.45) is -0.0868. The van der Waals surface area contributed by atoms with Gasteiger partial charge in [0.05, 0.1) is 12.2 Å². The van der Waals surface area contributed by atoms with Crippen LogP contribution in [0.15, 0.2) is 52.9 Å². The van der Waals surface area contributed by atoms with E-state index in [0.29, 0.717) is 37.0 Å². The van der Waals surface area contributed by atoms with Crippen LogP contribution in [-0.2, 0) is 19.5 Å². The van der Waals surface area contributed by atoms with Crippen molar-refractivity contribution in [2.24, 2.45) is 0 Å². The highest BCUT2D eigenvalue weighted by Gasteiger charge is 2.27. The summed E-state index contributed by atoms with van der Waals surface area (Å²) in [4.78, 5) is 11.1. The molecule has 33 heavy (non-hydrogen) atoms. The van der Waals surface area contributed by atoms with Crippen LogP contribution in [0.3, 0.4) is 0 Å². The van der Waals surface area contributed by atoms with Crippen molar-refractivity contribution in [3.63, 3.8) is 0 Å². The molecule has 9 heteroatoms. The summed E-state index contributed by atoms with van der Waals surface area (Å²) in [5.74, 6) is 2.36. The van der Waals surface area contributed by atoms with Crippen LogP contribution in [0.2, 0.25) is 0 Å². The maximum Gasteiger partial charge on any atom is 0.191 e. The molecular weight excluding hydrogens is 428 g/mol. The third-order valence-corrected chi connectivity index (χ3v) is 5.71. The first-order valence-electron chi connectivity index (χ1n) is 10.6. The average molecular weight is 453 g/mol. The lowest BCUT2D eigenvalue weighted by Gasteiger charge is -2.30. The lowest BCUT2D eigenvalue weighted by molar-refractivity contribution is -0.0213. The molecule has 5 rings (SSSR count). The minimum Gasteiger partial charge on any atom is -0.446 e. The molecule has 7 nitrogen and oxygen atoms in total. The summed E-state index contributed by atoms with van der Waals surface area (Å²) in [6, 6.07) is 14.1. The van der Waals surface area contributed by atoms with E-state index in [9.17, 15) is 9.50 Å². The topological polar surface area (TPSA) is 80.2 Å². The maximum absolute atomic E-state index is 13.5. The Bertz CT molecular complexity index is 1230. The zero-order chi connectivity index (χ0) is 22.2. The Morgan fingerprint density at radius 3 is 2.45 bits per heavy atom. The molecule has 0 amide bonds. The lowest BCUT2D eigenvalue weighted by atomic mass is 10.1. The van der Waals surface area contributed by atoms with E-state index in [1.54, 1.807) is 16.8 Å². The summed E-state index contributed by atoms with van der Waals surface area (Å²) in [5.41, 5.74) is 3.63. The first-order chi connectivity index (χ1) is 15.5. The highest BCUT2D eigenvalue weighted by molar-refractivity contribution is 5.62. The van der Waals surface area contributed by atoms with Crippen LogP contribution in [0.1, 0.15) is 22.9 Å². The van der Waals surface area contributed by atoms with E-state index in [1.165, 1.54) is 12.1 Å². The van der Waals surface area contributed by atoms with Crippen molar-refractivity contribution in [1.82, 2.24) is 24.6 Å².